The molecule has 0 bridgehead atoms. The molecule has 2 nitrogen and oxygen atoms in total. The van der Waals surface area contributed by atoms with Crippen LogP contribution in [0.2, 0.25) is 19.6 Å². The highest BCUT2D eigenvalue weighted by molar-refractivity contribution is 6.84. The average Bonchev–Trinajstić information content (AvgIpc) is 2.76. The highest BCUT2D eigenvalue weighted by Gasteiger charge is 2.30. The van der Waals surface area contributed by atoms with Crippen LogP contribution in [-0.4, -0.2) is 21.0 Å². The Morgan fingerprint density at radius 1 is 0.867 bits per heavy atom. The van der Waals surface area contributed by atoms with Crippen LogP contribution >= 0.6 is 0 Å². The Morgan fingerprint density at radius 3 is 1.97 bits per heavy atom. The van der Waals surface area contributed by atoms with Crippen molar-refractivity contribution in [2.24, 2.45) is 0 Å². The monoisotopic (exact) mass is 414 g/mol. The summed E-state index contributed by atoms with van der Waals surface area (Å²) >= 11 is 0. The molecule has 0 aliphatic rings. The number of ether oxygens (including phenoxy) is 1. The van der Waals surface area contributed by atoms with Crippen molar-refractivity contribution in [3.8, 4) is 5.75 Å². The van der Waals surface area contributed by atoms with Gasteiger partial charge in [0.25, 0.3) is 0 Å². The van der Waals surface area contributed by atoms with E-state index in [9.17, 15) is 4.79 Å². The van der Waals surface area contributed by atoms with E-state index in [4.69, 9.17) is 4.74 Å². The summed E-state index contributed by atoms with van der Waals surface area (Å²) in [5, 5.41) is 1.39. The second-order valence-electron chi connectivity index (χ2n) is 8.58. The van der Waals surface area contributed by atoms with Gasteiger partial charge in [0.15, 0.2) is 5.78 Å². The SMILES string of the molecule is COc1ccc(C(=O)CC(/C(=C/c2ccccc2)[Si](C)(C)C)c2ccccc2)cc1. The molecule has 0 saturated carbocycles. The third kappa shape index (κ3) is 5.58. The molecule has 154 valence electrons. The summed E-state index contributed by atoms with van der Waals surface area (Å²) in [6.45, 7) is 7.07. The molecule has 1 atom stereocenters. The summed E-state index contributed by atoms with van der Waals surface area (Å²) in [4.78, 5) is 13.3. The molecule has 3 aromatic rings. The normalized spacial score (nSPS) is 13.0. The maximum Gasteiger partial charge on any atom is 0.163 e. The Bertz CT molecular complexity index is 985. The van der Waals surface area contributed by atoms with Crippen molar-refractivity contribution < 1.29 is 9.53 Å². The summed E-state index contributed by atoms with van der Waals surface area (Å²) in [7, 11) is -0.0731. The van der Waals surface area contributed by atoms with Crippen molar-refractivity contribution in [3.05, 3.63) is 107 Å². The first-order valence-corrected chi connectivity index (χ1v) is 13.9. The van der Waals surface area contributed by atoms with Crippen molar-refractivity contribution in [3.63, 3.8) is 0 Å². The Labute approximate surface area is 181 Å². The molecule has 0 amide bonds. The molecule has 3 heteroatoms. The van der Waals surface area contributed by atoms with Gasteiger partial charge in [0.1, 0.15) is 5.75 Å². The molecule has 0 saturated heterocycles. The number of allylic oxidation sites excluding steroid dienone is 1. The molecule has 3 rings (SSSR count). The number of Topliss-reactive ketones (excluding diaryl/α,β-unsaturated/α-hetero) is 1. The van der Waals surface area contributed by atoms with E-state index in [1.165, 1.54) is 16.3 Å². The van der Waals surface area contributed by atoms with E-state index in [1.54, 1.807) is 7.11 Å². The summed E-state index contributed by atoms with van der Waals surface area (Å²) in [6.07, 6.45) is 2.77. The number of carbonyl (C=O) groups is 1. The lowest BCUT2D eigenvalue weighted by atomic mass is 9.90. The molecular weight excluding hydrogens is 384 g/mol. The lowest BCUT2D eigenvalue weighted by Gasteiger charge is -2.30. The van der Waals surface area contributed by atoms with E-state index < -0.39 is 8.07 Å². The number of hydrogen-bond acceptors (Lipinski definition) is 2. The first-order chi connectivity index (χ1) is 14.4. The molecule has 30 heavy (non-hydrogen) atoms. The van der Waals surface area contributed by atoms with E-state index in [-0.39, 0.29) is 11.7 Å². The first-order valence-electron chi connectivity index (χ1n) is 10.4. The van der Waals surface area contributed by atoms with Crippen LogP contribution in [0.15, 0.2) is 90.1 Å². The van der Waals surface area contributed by atoms with Crippen molar-refractivity contribution in [2.75, 3.05) is 7.11 Å². The smallest absolute Gasteiger partial charge is 0.163 e. The fourth-order valence-electron chi connectivity index (χ4n) is 3.74. The topological polar surface area (TPSA) is 26.3 Å². The second-order valence-corrected chi connectivity index (χ2v) is 13.7. The predicted octanol–water partition coefficient (Wildman–Crippen LogP) is 7.01. The molecule has 3 aromatic carbocycles. The van der Waals surface area contributed by atoms with E-state index >= 15 is 0 Å². The van der Waals surface area contributed by atoms with E-state index in [0.717, 1.165) is 11.3 Å². The van der Waals surface area contributed by atoms with Gasteiger partial charge in [-0.1, -0.05) is 91.6 Å². The summed E-state index contributed by atoms with van der Waals surface area (Å²) in [5.74, 6) is 0.981. The Kier molecular flexibility index (Phi) is 7.06. The van der Waals surface area contributed by atoms with E-state index in [2.05, 4.69) is 74.2 Å². The van der Waals surface area contributed by atoms with Crippen molar-refractivity contribution in [1.29, 1.82) is 0 Å². The zero-order chi connectivity index (χ0) is 21.6. The van der Waals surface area contributed by atoms with Crippen molar-refractivity contribution in [1.82, 2.24) is 0 Å². The number of hydrogen-bond donors (Lipinski definition) is 0. The molecule has 0 fully saturated rings. The highest BCUT2D eigenvalue weighted by Crippen LogP contribution is 2.36. The number of benzene rings is 3. The minimum Gasteiger partial charge on any atom is -0.497 e. The predicted molar refractivity (Wildman–Crippen MR) is 129 cm³/mol. The summed E-state index contributed by atoms with van der Waals surface area (Å²) < 4.78 is 5.23. The molecule has 0 spiro atoms. The van der Waals surface area contributed by atoms with Crippen LogP contribution in [0.4, 0.5) is 0 Å². The lowest BCUT2D eigenvalue weighted by molar-refractivity contribution is 0.0978. The lowest BCUT2D eigenvalue weighted by Crippen LogP contribution is -2.29. The van der Waals surface area contributed by atoms with Crippen LogP contribution in [0.1, 0.15) is 33.8 Å². The molecular formula is C27H30O2Si. The molecule has 0 N–H and O–H groups in total. The first kappa shape index (κ1) is 21.8. The van der Waals surface area contributed by atoms with E-state index in [0.29, 0.717) is 6.42 Å². The van der Waals surface area contributed by atoms with E-state index in [1.807, 2.05) is 36.4 Å². The van der Waals surface area contributed by atoms with Crippen LogP contribution < -0.4 is 4.74 Å². The number of carbonyl (C=O) groups excluding carboxylic acids is 1. The highest BCUT2D eigenvalue weighted by atomic mass is 28.3. The molecule has 0 radical (unpaired) electrons. The van der Waals surface area contributed by atoms with Crippen molar-refractivity contribution in [2.45, 2.75) is 32.0 Å². The zero-order valence-corrected chi connectivity index (χ0v) is 19.3. The summed E-state index contributed by atoms with van der Waals surface area (Å²) in [6, 6.07) is 28.3. The molecule has 0 heterocycles. The van der Waals surface area contributed by atoms with Gasteiger partial charge in [-0.25, -0.2) is 0 Å². The minimum atomic E-state index is -1.71. The number of methoxy groups -OCH3 is 1. The van der Waals surface area contributed by atoms with Gasteiger partial charge in [0, 0.05) is 17.9 Å². The number of ketones is 1. The van der Waals surface area contributed by atoms with Gasteiger partial charge in [-0.15, -0.1) is 0 Å². The van der Waals surface area contributed by atoms with Gasteiger partial charge in [-0.2, -0.15) is 0 Å². The zero-order valence-electron chi connectivity index (χ0n) is 18.3. The van der Waals surface area contributed by atoms with Crippen LogP contribution in [0.5, 0.6) is 5.75 Å². The van der Waals surface area contributed by atoms with Crippen LogP contribution in [0.3, 0.4) is 0 Å². The Morgan fingerprint density at radius 2 is 1.43 bits per heavy atom. The van der Waals surface area contributed by atoms with Gasteiger partial charge in [0.2, 0.25) is 0 Å². The van der Waals surface area contributed by atoms with Crippen LogP contribution in [0, 0.1) is 0 Å². The average molecular weight is 415 g/mol. The quantitative estimate of drug-likeness (QED) is 0.293. The maximum absolute atomic E-state index is 13.3. The fraction of sp³-hybridized carbons (Fsp3) is 0.222. The van der Waals surface area contributed by atoms with Gasteiger partial charge in [-0.05, 0) is 35.4 Å². The molecule has 0 aromatic heterocycles. The third-order valence-corrected chi connectivity index (χ3v) is 7.59. The third-order valence-electron chi connectivity index (χ3n) is 5.37. The van der Waals surface area contributed by atoms with Crippen LogP contribution in [-0.2, 0) is 0 Å². The largest absolute Gasteiger partial charge is 0.497 e. The maximum atomic E-state index is 13.3. The van der Waals surface area contributed by atoms with Gasteiger partial charge in [-0.3, -0.25) is 4.79 Å². The standard InChI is InChI=1S/C27H30O2Si/c1-29-24-17-15-23(16-18-24)26(28)20-25(22-13-9-6-10-14-22)27(30(2,3)4)19-21-11-7-5-8-12-21/h5-19,25H,20H2,1-4H3/b27-19-. The van der Waals surface area contributed by atoms with Crippen molar-refractivity contribution >= 4 is 19.9 Å². The molecule has 0 aliphatic carbocycles. The van der Waals surface area contributed by atoms with Crippen LogP contribution in [0.25, 0.3) is 6.08 Å². The van der Waals surface area contributed by atoms with Gasteiger partial charge >= 0.3 is 0 Å². The Balaban J connectivity index is 2.02. The molecule has 1 unspecified atom stereocenters. The molecule has 0 aliphatic heterocycles. The summed E-state index contributed by atoms with van der Waals surface area (Å²) in [5.41, 5.74) is 3.11. The second kappa shape index (κ2) is 9.73. The van der Waals surface area contributed by atoms with Gasteiger partial charge < -0.3 is 4.74 Å². The number of rotatable bonds is 8. The fourth-order valence-corrected chi connectivity index (χ4v) is 5.66. The minimum absolute atomic E-state index is 0.0627. The Hall–Kier alpha value is -2.91. The van der Waals surface area contributed by atoms with Gasteiger partial charge in [0.05, 0.1) is 15.2 Å².